The molecular formula is C109H126N8O24. The molecule has 0 bridgehead atoms. The minimum atomic E-state index is -1.14. The lowest BCUT2D eigenvalue weighted by Gasteiger charge is -2.34. The Kier molecular flexibility index (Phi) is 47.4. The van der Waals surface area contributed by atoms with Crippen LogP contribution in [0.2, 0.25) is 0 Å². The molecule has 141 heavy (non-hydrogen) atoms. The molecule has 1 aliphatic rings. The number of nitrogens with two attached hydrogens (primary N) is 3. The number of Topliss-reactive ketones (excluding diaryl/α,β-unsaturated/α-hetero) is 3. The maximum absolute atomic E-state index is 13.1. The van der Waals surface area contributed by atoms with Gasteiger partial charge < -0.3 is 79.1 Å². The Morgan fingerprint density at radius 1 is 0.326 bits per heavy atom. The van der Waals surface area contributed by atoms with Gasteiger partial charge in [-0.15, -0.1) is 0 Å². The van der Waals surface area contributed by atoms with Crippen LogP contribution >= 0.6 is 0 Å². The zero-order chi connectivity index (χ0) is 103. The van der Waals surface area contributed by atoms with E-state index in [0.29, 0.717) is 68.4 Å². The zero-order valence-corrected chi connectivity index (χ0v) is 79.2. The van der Waals surface area contributed by atoms with Gasteiger partial charge in [0.1, 0.15) is 6.04 Å². The molecule has 0 saturated carbocycles. The van der Waals surface area contributed by atoms with Crippen LogP contribution in [0.25, 0.3) is 44.5 Å². The Hall–Kier alpha value is -15.6. The fourth-order valence-electron chi connectivity index (χ4n) is 16.0. The highest BCUT2D eigenvalue weighted by atomic mass is 16.4. The van der Waals surface area contributed by atoms with Crippen molar-refractivity contribution in [3.63, 3.8) is 0 Å². The number of nitrogens with zero attached hydrogens (tertiary/aromatic N) is 1. The van der Waals surface area contributed by atoms with Crippen LogP contribution in [0.15, 0.2) is 237 Å². The second-order valence-corrected chi connectivity index (χ2v) is 35.2. The number of piperidine rings is 1. The van der Waals surface area contributed by atoms with Gasteiger partial charge in [0.25, 0.3) is 0 Å². The molecule has 1 fully saturated rings. The van der Waals surface area contributed by atoms with E-state index in [9.17, 15) is 81.5 Å². The van der Waals surface area contributed by atoms with Crippen LogP contribution in [-0.2, 0) is 120 Å². The van der Waals surface area contributed by atoms with Crippen LogP contribution in [-0.4, -0.2) is 178 Å². The fraction of sp³-hybridized carbons (Fsp3) is 0.349. The number of carbonyl (C=O) groups excluding carboxylic acids is 10. The smallest absolute Gasteiger partial charge is 0.307 e. The van der Waals surface area contributed by atoms with Crippen LogP contribution in [0.5, 0.6) is 0 Å². The predicted molar refractivity (Wildman–Crippen MR) is 529 cm³/mol. The van der Waals surface area contributed by atoms with Crippen molar-refractivity contribution in [1.82, 2.24) is 26.2 Å². The van der Waals surface area contributed by atoms with Crippen LogP contribution in [0, 0.1) is 23.7 Å². The number of amides is 7. The van der Waals surface area contributed by atoms with Gasteiger partial charge in [0, 0.05) is 114 Å². The quantitative estimate of drug-likeness (QED) is 0.0157. The third-order valence-electron chi connectivity index (χ3n) is 23.5. The van der Waals surface area contributed by atoms with Crippen molar-refractivity contribution in [3.8, 4) is 44.5 Å². The lowest BCUT2D eigenvalue weighted by atomic mass is 9.89. The van der Waals surface area contributed by atoms with E-state index in [1.807, 2.05) is 220 Å². The topological polar surface area (TPSA) is 561 Å². The third-order valence-corrected chi connectivity index (χ3v) is 23.5. The van der Waals surface area contributed by atoms with Gasteiger partial charge in [0.15, 0.2) is 17.3 Å². The van der Waals surface area contributed by atoms with Crippen LogP contribution in [0.4, 0.5) is 5.69 Å². The van der Waals surface area contributed by atoms with E-state index in [0.717, 1.165) is 73.2 Å². The summed E-state index contributed by atoms with van der Waals surface area (Å²) in [5, 5.41) is 73.7. The summed E-state index contributed by atoms with van der Waals surface area (Å²) in [6.07, 6.45) is 1.79. The predicted octanol–water partition coefficient (Wildman–Crippen LogP) is 13.3. The Morgan fingerprint density at radius 3 is 0.993 bits per heavy atom. The van der Waals surface area contributed by atoms with Gasteiger partial charge >= 0.3 is 41.8 Å². The van der Waals surface area contributed by atoms with E-state index in [1.165, 1.54) is 0 Å². The van der Waals surface area contributed by atoms with Crippen molar-refractivity contribution in [2.75, 3.05) is 18.8 Å². The number of ketones is 3. The number of benzene rings is 9. The van der Waals surface area contributed by atoms with Crippen molar-refractivity contribution in [3.05, 3.63) is 270 Å². The highest BCUT2D eigenvalue weighted by Gasteiger charge is 2.34. The number of anilines is 1. The van der Waals surface area contributed by atoms with Gasteiger partial charge in [-0.3, -0.25) is 81.5 Å². The molecule has 0 aliphatic carbocycles. The number of aryl methyl sites for hydroxylation is 4. The molecule has 0 radical (unpaired) electrons. The molecule has 9 aromatic rings. The average molecular weight is 1930 g/mol. The molecule has 1 unspecified atom stereocenters. The Balaban J connectivity index is 0.000000255. The molecule has 0 aromatic heterocycles. The van der Waals surface area contributed by atoms with Crippen molar-refractivity contribution in [2.24, 2.45) is 35.1 Å². The molecule has 1 aliphatic heterocycles. The number of primary amides is 2. The highest BCUT2D eigenvalue weighted by molar-refractivity contribution is 5.95. The van der Waals surface area contributed by atoms with Gasteiger partial charge in [-0.2, -0.15) is 0 Å². The van der Waals surface area contributed by atoms with E-state index < -0.39 is 101 Å². The van der Waals surface area contributed by atoms with Gasteiger partial charge in [0.05, 0.1) is 24.5 Å². The normalized spacial score (nSPS) is 13.2. The van der Waals surface area contributed by atoms with E-state index in [1.54, 1.807) is 35.2 Å². The summed E-state index contributed by atoms with van der Waals surface area (Å²) in [6, 6.07) is 71.5. The lowest BCUT2D eigenvalue weighted by Crippen LogP contribution is -2.51. The zero-order valence-electron chi connectivity index (χ0n) is 79.2. The minimum absolute atomic E-state index is 0.00816. The molecule has 10 rings (SSSR count). The van der Waals surface area contributed by atoms with E-state index in [4.69, 9.17) is 52.9 Å². The largest absolute Gasteiger partial charge is 0.481 e. The van der Waals surface area contributed by atoms with Crippen molar-refractivity contribution < 1.29 is 117 Å². The van der Waals surface area contributed by atoms with E-state index >= 15 is 0 Å². The number of hydrogen-bond acceptors (Lipinski definition) is 18. The molecule has 32 heteroatoms. The first-order valence-corrected chi connectivity index (χ1v) is 46.9. The van der Waals surface area contributed by atoms with Gasteiger partial charge in [-0.05, 0) is 179 Å². The highest BCUT2D eigenvalue weighted by Crippen LogP contribution is 2.28. The van der Waals surface area contributed by atoms with Crippen LogP contribution < -0.4 is 38.5 Å². The molecule has 7 atom stereocenters. The number of likely N-dealkylation sites (tertiary alicyclic amines) is 1. The second kappa shape index (κ2) is 59.5. The Bertz CT molecular complexity index is 5680. The van der Waals surface area contributed by atoms with Crippen molar-refractivity contribution in [1.29, 1.82) is 0 Å². The first-order valence-electron chi connectivity index (χ1n) is 46.9. The summed E-state index contributed by atoms with van der Waals surface area (Å²) in [4.78, 5) is 204. The molecule has 1 saturated heterocycles. The summed E-state index contributed by atoms with van der Waals surface area (Å²) >= 11 is 0. The van der Waals surface area contributed by atoms with Crippen LogP contribution in [0.3, 0.4) is 0 Å². The second-order valence-electron chi connectivity index (χ2n) is 35.2. The first-order chi connectivity index (χ1) is 67.3. The number of aliphatic carboxylic acids is 7. The Labute approximate surface area is 818 Å². The van der Waals surface area contributed by atoms with E-state index in [2.05, 4.69) is 21.3 Å². The molecule has 17 N–H and O–H groups in total. The number of nitrogen functional groups attached to an aromatic ring is 1. The molecule has 0 spiro atoms. The summed E-state index contributed by atoms with van der Waals surface area (Å²) in [5.41, 5.74) is 30.8. The molecular weight excluding hydrogens is 1810 g/mol. The molecule has 746 valence electrons. The summed E-state index contributed by atoms with van der Waals surface area (Å²) in [6.45, 7) is 4.63. The fourth-order valence-corrected chi connectivity index (χ4v) is 16.0. The lowest BCUT2D eigenvalue weighted by molar-refractivity contribution is -0.143. The number of hydrogen-bond donors (Lipinski definition) is 14. The Morgan fingerprint density at radius 2 is 0.645 bits per heavy atom. The maximum atomic E-state index is 13.1. The monoisotopic (exact) mass is 1930 g/mol. The third kappa shape index (κ3) is 43.3. The number of carboxylic acids is 7. The van der Waals surface area contributed by atoms with E-state index in [-0.39, 0.29) is 169 Å². The number of carboxylic acid groups (broad SMARTS) is 7. The van der Waals surface area contributed by atoms with Gasteiger partial charge in [-0.1, -0.05) is 238 Å². The minimum Gasteiger partial charge on any atom is -0.481 e. The number of nitrogens with one attached hydrogen (secondary N) is 4. The molecule has 32 nitrogen and oxygen atoms in total. The van der Waals surface area contributed by atoms with Crippen molar-refractivity contribution in [2.45, 2.75) is 205 Å². The number of rotatable bonds is 53. The summed E-state index contributed by atoms with van der Waals surface area (Å²) in [5.74, 6) is -13.3. The maximum Gasteiger partial charge on any atom is 0.307 e. The standard InChI is InChI=1S/C29H29NO6.C27H32N2O6.C27H34N2O5.C26H31N3O7/c31-26(18-21-5-4-6-22(17-21)19-29(35)36)25(14-16-28(33)34)30-27(32)15-11-20-9-12-24(13-10-20)23-7-2-1-3-8-23;30-24(14-10-19-8-11-22(12-9-19)21-6-2-1-3-7-21)28-23(13-15-25(31)32)27(35)29-16-4-5-20(18-29)17-26(33)34;1-18(2)16-22(27(28)34)17-24(30)23(13-15-26(32)33)29-25(31)14-10-19-8-11-21(12-9-19)20-6-4-3-5-7-20;27-20-3-1-2-18(14-20)17-7-4-16(5-8-17)6-11-23(31)29-21(10-13-25(34)35)22(30)15-19(26(28)36)9-12-24(32)33/h1-10,12-13,17,25H,11,14-16,18-19H2,(H,30,32)(H,33,34)(H,35,36);1-3,6-9,11-12,20,23H,4-5,10,13-18H2,(H,28,30)(H,31,32)(H,33,34);3-9,11-12,18,22-23H,10,13-17H2,1-2H3,(H2,28,34)(H,29,31)(H,32,33);1-5,7-8,14,19,21H,6,9-13,15,27H2,(H2,28,36)(H,29,31)(H,32,33)(H,34,35)/t25-;20?,23-;22-,23+;19-,21+/m0011/s1. The molecule has 1 heterocycles. The van der Waals surface area contributed by atoms with Crippen LogP contribution in [0.1, 0.15) is 176 Å². The van der Waals surface area contributed by atoms with Crippen molar-refractivity contribution >= 4 is 106 Å². The molecule has 7 amide bonds. The van der Waals surface area contributed by atoms with Gasteiger partial charge in [-0.25, -0.2) is 0 Å². The summed E-state index contributed by atoms with van der Waals surface area (Å²) < 4.78 is 0. The number of carbonyl (C=O) groups is 17. The first kappa shape index (κ1) is 112. The SMILES string of the molecule is CC(C)C[C@H](CC(=O)[C@H](CCC(=O)O)NC(=O)CCc1ccc(-c2ccccc2)cc1)C(N)=O.NC(=O)[C@H](CCC(=O)O)CC(=O)[C@H](CCC(=O)O)NC(=O)CCc1ccc(-c2cccc(N)c2)cc1.O=C(O)CC[C@H](NC(=O)CCc1ccc(-c2ccccc2)cc1)C(=O)Cc1cccc(CC(=O)O)c1.O=C(O)CC[C@H](NC(=O)CCc1ccc(-c2ccccc2)cc1)C(=O)N1CCCC(CC(=O)O)C1. The molecule has 9 aromatic carbocycles. The van der Waals surface area contributed by atoms with Gasteiger partial charge in [0.2, 0.25) is 41.4 Å². The average Bonchev–Trinajstić information content (AvgIpc) is 0.853. The summed E-state index contributed by atoms with van der Waals surface area (Å²) in [7, 11) is 0.